The van der Waals surface area contributed by atoms with Crippen LogP contribution in [0.3, 0.4) is 0 Å². The van der Waals surface area contributed by atoms with Gasteiger partial charge < -0.3 is 10.1 Å². The van der Waals surface area contributed by atoms with Gasteiger partial charge in [-0.1, -0.05) is 41.3 Å². The monoisotopic (exact) mass is 386 g/mol. The zero-order valence-electron chi connectivity index (χ0n) is 16.8. The Kier molecular flexibility index (Phi) is 6.23. The van der Waals surface area contributed by atoms with Crippen LogP contribution in [0.4, 0.5) is 5.69 Å². The molecule has 0 aliphatic carbocycles. The SMILES string of the molecule is Cc1cc(C#CCNc2ccccc2)ccc1-c1cn(C[C@H]2CCCCO2)nn1. The number of aryl methyl sites for hydroxylation is 1. The molecule has 1 saturated heterocycles. The maximum absolute atomic E-state index is 5.80. The first kappa shape index (κ1) is 19.2. The van der Waals surface area contributed by atoms with Crippen molar-refractivity contribution in [2.75, 3.05) is 18.5 Å². The average Bonchev–Trinajstić information content (AvgIpc) is 3.21. The number of ether oxygens (including phenoxy) is 1. The summed E-state index contributed by atoms with van der Waals surface area (Å²) in [7, 11) is 0. The van der Waals surface area contributed by atoms with Crippen LogP contribution in [0.2, 0.25) is 0 Å². The highest BCUT2D eigenvalue weighted by atomic mass is 16.5. The number of aromatic nitrogens is 3. The van der Waals surface area contributed by atoms with Crippen molar-refractivity contribution in [2.24, 2.45) is 0 Å². The second-order valence-corrected chi connectivity index (χ2v) is 7.37. The summed E-state index contributed by atoms with van der Waals surface area (Å²) in [5.74, 6) is 6.40. The summed E-state index contributed by atoms with van der Waals surface area (Å²) in [6.45, 7) is 4.33. The Morgan fingerprint density at radius 3 is 2.86 bits per heavy atom. The molecule has 4 rings (SSSR count). The maximum atomic E-state index is 5.80. The summed E-state index contributed by atoms with van der Waals surface area (Å²) >= 11 is 0. The number of rotatable bonds is 5. The van der Waals surface area contributed by atoms with Gasteiger partial charge in [-0.05, 0) is 56.0 Å². The van der Waals surface area contributed by atoms with Gasteiger partial charge in [-0.15, -0.1) is 5.10 Å². The van der Waals surface area contributed by atoms with E-state index in [1.807, 2.05) is 47.3 Å². The fourth-order valence-electron chi connectivity index (χ4n) is 3.55. The summed E-state index contributed by atoms with van der Waals surface area (Å²) in [5, 5.41) is 12.0. The van der Waals surface area contributed by atoms with Crippen LogP contribution < -0.4 is 5.32 Å². The maximum Gasteiger partial charge on any atom is 0.113 e. The zero-order valence-corrected chi connectivity index (χ0v) is 16.8. The molecule has 1 fully saturated rings. The molecule has 0 radical (unpaired) electrons. The van der Waals surface area contributed by atoms with Crippen LogP contribution in [-0.2, 0) is 11.3 Å². The van der Waals surface area contributed by atoms with Crippen LogP contribution in [-0.4, -0.2) is 34.2 Å². The summed E-state index contributed by atoms with van der Waals surface area (Å²) < 4.78 is 7.70. The Balaban J connectivity index is 1.38. The number of hydrogen-bond donors (Lipinski definition) is 1. The molecule has 0 saturated carbocycles. The average molecular weight is 386 g/mol. The van der Waals surface area contributed by atoms with E-state index in [0.717, 1.165) is 54.1 Å². The predicted molar refractivity (Wildman–Crippen MR) is 116 cm³/mol. The molecular formula is C24H26N4O. The predicted octanol–water partition coefficient (Wildman–Crippen LogP) is 4.29. The molecule has 148 valence electrons. The van der Waals surface area contributed by atoms with Crippen LogP contribution in [0.15, 0.2) is 54.7 Å². The summed E-state index contributed by atoms with van der Waals surface area (Å²) in [6.07, 6.45) is 5.75. The normalized spacial score (nSPS) is 16.1. The molecule has 5 nitrogen and oxygen atoms in total. The fourth-order valence-corrected chi connectivity index (χ4v) is 3.55. The van der Waals surface area contributed by atoms with Gasteiger partial charge in [-0.2, -0.15) is 0 Å². The number of benzene rings is 2. The molecule has 5 heteroatoms. The molecular weight excluding hydrogens is 360 g/mol. The van der Waals surface area contributed by atoms with Crippen LogP contribution in [0.25, 0.3) is 11.3 Å². The Morgan fingerprint density at radius 2 is 2.07 bits per heavy atom. The molecule has 0 amide bonds. The van der Waals surface area contributed by atoms with Crippen molar-refractivity contribution in [1.29, 1.82) is 0 Å². The van der Waals surface area contributed by atoms with Crippen molar-refractivity contribution >= 4 is 5.69 Å². The first-order chi connectivity index (χ1) is 14.3. The smallest absolute Gasteiger partial charge is 0.113 e. The standard InChI is InChI=1S/C24H26N4O/c1-19-16-20(8-7-14-25-21-9-3-2-4-10-21)12-13-23(19)24-18-28(27-26-24)17-22-11-5-6-15-29-22/h2-4,9-10,12-13,16,18,22,25H,5-6,11,14-15,17H2,1H3/t22-/m1/s1. The first-order valence-corrected chi connectivity index (χ1v) is 10.2. The van der Waals surface area contributed by atoms with Gasteiger partial charge in [0.25, 0.3) is 0 Å². The molecule has 2 aromatic carbocycles. The molecule has 2 heterocycles. The molecule has 29 heavy (non-hydrogen) atoms. The third-order valence-electron chi connectivity index (χ3n) is 5.09. The number of nitrogens with one attached hydrogen (secondary N) is 1. The lowest BCUT2D eigenvalue weighted by molar-refractivity contribution is 0.00370. The zero-order chi connectivity index (χ0) is 19.9. The van der Waals surface area contributed by atoms with Crippen molar-refractivity contribution in [3.63, 3.8) is 0 Å². The van der Waals surface area contributed by atoms with Crippen molar-refractivity contribution in [3.05, 3.63) is 65.9 Å². The van der Waals surface area contributed by atoms with E-state index in [1.54, 1.807) is 0 Å². The second-order valence-electron chi connectivity index (χ2n) is 7.37. The van der Waals surface area contributed by atoms with E-state index < -0.39 is 0 Å². The lowest BCUT2D eigenvalue weighted by Gasteiger charge is -2.21. The minimum absolute atomic E-state index is 0.251. The Hall–Kier alpha value is -3.10. The minimum Gasteiger partial charge on any atom is -0.376 e. The quantitative estimate of drug-likeness (QED) is 0.665. The van der Waals surface area contributed by atoms with E-state index in [9.17, 15) is 0 Å². The van der Waals surface area contributed by atoms with Gasteiger partial charge >= 0.3 is 0 Å². The molecule has 1 N–H and O–H groups in total. The number of nitrogens with zero attached hydrogens (tertiary/aromatic N) is 3. The first-order valence-electron chi connectivity index (χ1n) is 10.2. The molecule has 1 aliphatic rings. The highest BCUT2D eigenvalue weighted by molar-refractivity contribution is 5.64. The number of hydrogen-bond acceptors (Lipinski definition) is 4. The van der Waals surface area contributed by atoms with Gasteiger partial charge in [0, 0.05) is 23.4 Å². The Morgan fingerprint density at radius 1 is 1.17 bits per heavy atom. The number of para-hydroxylation sites is 1. The van der Waals surface area contributed by atoms with Gasteiger partial charge in [-0.25, -0.2) is 4.68 Å². The molecule has 1 aliphatic heterocycles. The van der Waals surface area contributed by atoms with E-state index in [2.05, 4.69) is 46.5 Å². The molecule has 1 aromatic heterocycles. The van der Waals surface area contributed by atoms with Gasteiger partial charge in [0.1, 0.15) is 5.69 Å². The third-order valence-corrected chi connectivity index (χ3v) is 5.09. The van der Waals surface area contributed by atoms with E-state index >= 15 is 0 Å². The second kappa shape index (κ2) is 9.40. The van der Waals surface area contributed by atoms with Gasteiger partial charge in [-0.3, -0.25) is 0 Å². The topological polar surface area (TPSA) is 52.0 Å². The highest BCUT2D eigenvalue weighted by Crippen LogP contribution is 2.22. The molecule has 3 aromatic rings. The summed E-state index contributed by atoms with van der Waals surface area (Å²) in [5.41, 5.74) is 5.21. The van der Waals surface area contributed by atoms with Crippen molar-refractivity contribution in [3.8, 4) is 23.1 Å². The van der Waals surface area contributed by atoms with E-state index in [4.69, 9.17) is 4.74 Å². The minimum atomic E-state index is 0.251. The van der Waals surface area contributed by atoms with Gasteiger partial charge in [0.2, 0.25) is 0 Å². The molecule has 0 bridgehead atoms. The van der Waals surface area contributed by atoms with Gasteiger partial charge in [0.15, 0.2) is 0 Å². The lowest BCUT2D eigenvalue weighted by atomic mass is 10.0. The molecule has 1 atom stereocenters. The lowest BCUT2D eigenvalue weighted by Crippen LogP contribution is -2.24. The number of anilines is 1. The van der Waals surface area contributed by atoms with Gasteiger partial charge in [0.05, 0.1) is 25.4 Å². The van der Waals surface area contributed by atoms with E-state index in [0.29, 0.717) is 6.54 Å². The summed E-state index contributed by atoms with van der Waals surface area (Å²) in [4.78, 5) is 0. The Labute approximate surface area is 172 Å². The van der Waals surface area contributed by atoms with Crippen molar-refractivity contribution in [2.45, 2.75) is 38.8 Å². The third kappa shape index (κ3) is 5.24. The molecule has 0 spiro atoms. The van der Waals surface area contributed by atoms with Crippen molar-refractivity contribution in [1.82, 2.24) is 15.0 Å². The van der Waals surface area contributed by atoms with Crippen LogP contribution in [0.1, 0.15) is 30.4 Å². The Bertz CT molecular complexity index is 994. The van der Waals surface area contributed by atoms with E-state index in [1.165, 1.54) is 6.42 Å². The van der Waals surface area contributed by atoms with E-state index in [-0.39, 0.29) is 6.10 Å². The fraction of sp³-hybridized carbons (Fsp3) is 0.333. The van der Waals surface area contributed by atoms with Crippen LogP contribution in [0, 0.1) is 18.8 Å². The summed E-state index contributed by atoms with van der Waals surface area (Å²) in [6, 6.07) is 16.3. The highest BCUT2D eigenvalue weighted by Gasteiger charge is 2.16. The largest absolute Gasteiger partial charge is 0.376 e. The van der Waals surface area contributed by atoms with Crippen LogP contribution >= 0.6 is 0 Å². The van der Waals surface area contributed by atoms with Crippen LogP contribution in [0.5, 0.6) is 0 Å². The van der Waals surface area contributed by atoms with Crippen molar-refractivity contribution < 1.29 is 4.74 Å². The molecule has 0 unspecified atom stereocenters.